The molecule has 2 aliphatic rings. The monoisotopic (exact) mass is 385 g/mol. The number of ether oxygens (including phenoxy) is 3. The van der Waals surface area contributed by atoms with Gasteiger partial charge in [0.1, 0.15) is 11.5 Å². The van der Waals surface area contributed by atoms with Gasteiger partial charge in [-0.2, -0.15) is 5.26 Å². The quantitative estimate of drug-likeness (QED) is 0.363. The van der Waals surface area contributed by atoms with Crippen LogP contribution < -0.4 is 15.2 Å². The number of nitrogens with two attached hydrogens (primary N) is 1. The summed E-state index contributed by atoms with van der Waals surface area (Å²) in [6.45, 7) is 1.19. The number of nitrogens with zero attached hydrogens (tertiary/aromatic N) is 2. The Labute approximate surface area is 163 Å². The van der Waals surface area contributed by atoms with Crippen molar-refractivity contribution in [1.82, 2.24) is 4.90 Å². The third-order valence-electron chi connectivity index (χ3n) is 5.18. The van der Waals surface area contributed by atoms with Crippen molar-refractivity contribution in [2.45, 2.75) is 25.2 Å². The summed E-state index contributed by atoms with van der Waals surface area (Å²) in [5, 5.41) is 9.90. The van der Waals surface area contributed by atoms with Gasteiger partial charge in [-0.25, -0.2) is 4.79 Å². The van der Waals surface area contributed by atoms with Gasteiger partial charge in [-0.1, -0.05) is 12.1 Å². The highest BCUT2D eigenvalue weighted by atomic mass is 16.6. The Hall–Kier alpha value is -3.21. The van der Waals surface area contributed by atoms with Crippen LogP contribution in [0.5, 0.6) is 11.5 Å². The first-order valence-electron chi connectivity index (χ1n) is 9.14. The molecule has 1 aromatic carbocycles. The molecule has 0 radical (unpaired) electrons. The van der Waals surface area contributed by atoms with Crippen molar-refractivity contribution in [3.8, 4) is 17.6 Å². The van der Waals surface area contributed by atoms with Crippen molar-refractivity contribution in [2.24, 2.45) is 11.7 Å². The van der Waals surface area contributed by atoms with Crippen LogP contribution in [0.1, 0.15) is 30.7 Å². The lowest BCUT2D eigenvalue weighted by molar-refractivity contribution is -0.136. The number of piperidine rings is 1. The molecule has 3 rings (SSSR count). The van der Waals surface area contributed by atoms with Crippen LogP contribution in [0.3, 0.4) is 0 Å². The number of nitriles is 1. The normalized spacial score (nSPS) is 21.7. The van der Waals surface area contributed by atoms with E-state index in [1.165, 1.54) is 14.2 Å². The van der Waals surface area contributed by atoms with Gasteiger partial charge in [0.2, 0.25) is 5.91 Å². The van der Waals surface area contributed by atoms with E-state index < -0.39 is 17.8 Å². The summed E-state index contributed by atoms with van der Waals surface area (Å²) in [7, 11) is 2.77. The van der Waals surface area contributed by atoms with Crippen molar-refractivity contribution in [3.05, 3.63) is 35.2 Å². The highest BCUT2D eigenvalue weighted by Gasteiger charge is 2.45. The first kappa shape index (κ1) is 19.5. The summed E-state index contributed by atoms with van der Waals surface area (Å²) in [5.74, 6) is -2.76. The van der Waals surface area contributed by atoms with Crippen LogP contribution >= 0.6 is 0 Å². The molecule has 0 saturated carbocycles. The fourth-order valence-electron chi connectivity index (χ4n) is 3.77. The number of fused-ring (bicyclic) bond motifs is 1. The molecule has 1 aromatic rings. The summed E-state index contributed by atoms with van der Waals surface area (Å²) < 4.78 is 15.8. The summed E-state index contributed by atoms with van der Waals surface area (Å²) in [6.07, 6.45) is 2.84. The average molecular weight is 385 g/mol. The van der Waals surface area contributed by atoms with Gasteiger partial charge in [-0.05, 0) is 25.3 Å². The minimum atomic E-state index is -1.14. The number of carbonyl (C=O) groups is 2. The maximum atomic E-state index is 13.2. The Bertz CT molecular complexity index is 852. The van der Waals surface area contributed by atoms with Crippen LogP contribution in [0.25, 0.3) is 0 Å². The molecule has 2 atom stereocenters. The minimum absolute atomic E-state index is 0.0276. The average Bonchev–Trinajstić information content (AvgIpc) is 2.73. The minimum Gasteiger partial charge on any atom is -0.493 e. The number of para-hydroxylation sites is 1. The molecule has 1 saturated heterocycles. The number of carbonyl (C=O) groups excluding carboxylic acids is 2. The van der Waals surface area contributed by atoms with Crippen molar-refractivity contribution in [2.75, 3.05) is 27.3 Å². The van der Waals surface area contributed by atoms with E-state index in [9.17, 15) is 14.9 Å². The van der Waals surface area contributed by atoms with E-state index in [2.05, 4.69) is 6.07 Å². The molecule has 8 heteroatoms. The van der Waals surface area contributed by atoms with Gasteiger partial charge < -0.3 is 24.8 Å². The Kier molecular flexibility index (Phi) is 5.73. The van der Waals surface area contributed by atoms with Crippen LogP contribution in [-0.2, 0) is 14.3 Å². The molecule has 2 N–H and O–H groups in total. The lowest BCUT2D eigenvalue weighted by atomic mass is 9.78. The first-order chi connectivity index (χ1) is 13.5. The fraction of sp³-hybridized carbons (Fsp3) is 0.450. The first-order valence-corrected chi connectivity index (χ1v) is 9.14. The van der Waals surface area contributed by atoms with Crippen LogP contribution in [0.15, 0.2) is 29.7 Å². The van der Waals surface area contributed by atoms with Crippen LogP contribution in [0, 0.1) is 17.2 Å². The second kappa shape index (κ2) is 8.21. The number of benzene rings is 1. The van der Waals surface area contributed by atoms with Gasteiger partial charge in [0, 0.05) is 18.7 Å². The molecule has 2 unspecified atom stereocenters. The molecular weight excluding hydrogens is 362 g/mol. The van der Waals surface area contributed by atoms with E-state index in [1.54, 1.807) is 23.1 Å². The smallest absolute Gasteiger partial charge is 0.345 e. The van der Waals surface area contributed by atoms with E-state index in [-0.39, 0.29) is 23.1 Å². The second-order valence-electron chi connectivity index (χ2n) is 6.72. The molecule has 1 amide bonds. The molecule has 2 aliphatic heterocycles. The van der Waals surface area contributed by atoms with Gasteiger partial charge in [-0.3, -0.25) is 4.79 Å². The second-order valence-corrected chi connectivity index (χ2v) is 6.72. The molecular formula is C20H23N3O5. The summed E-state index contributed by atoms with van der Waals surface area (Å²) in [6, 6.07) is 7.15. The van der Waals surface area contributed by atoms with Crippen molar-refractivity contribution >= 4 is 11.9 Å². The Morgan fingerprint density at radius 3 is 2.64 bits per heavy atom. The number of rotatable bonds is 4. The number of methoxy groups -OCH3 is 2. The predicted octanol–water partition coefficient (Wildman–Crippen LogP) is 1.67. The van der Waals surface area contributed by atoms with E-state index in [4.69, 9.17) is 19.9 Å². The molecule has 28 heavy (non-hydrogen) atoms. The largest absolute Gasteiger partial charge is 0.493 e. The number of amides is 1. The predicted molar refractivity (Wildman–Crippen MR) is 99.1 cm³/mol. The standard InChI is InChI=1S/C20H23N3O5/c1-26-14-8-6-7-12-15(16(18(22)27-2)20(25)28-17(12)14)13(11-21)19(24)23-9-4-3-5-10-23/h6-8,13,15H,3-5,9-10,22H2,1-2H3/b18-16+. The zero-order chi connectivity index (χ0) is 20.3. The van der Waals surface area contributed by atoms with Crippen molar-refractivity contribution in [3.63, 3.8) is 0 Å². The van der Waals surface area contributed by atoms with Crippen LogP contribution in [0.4, 0.5) is 0 Å². The highest BCUT2D eigenvalue weighted by Crippen LogP contribution is 2.47. The van der Waals surface area contributed by atoms with E-state index in [0.717, 1.165) is 19.3 Å². The zero-order valence-corrected chi connectivity index (χ0v) is 15.9. The van der Waals surface area contributed by atoms with E-state index in [1.807, 2.05) is 0 Å². The zero-order valence-electron chi connectivity index (χ0n) is 15.9. The lowest BCUT2D eigenvalue weighted by Gasteiger charge is -2.34. The van der Waals surface area contributed by atoms with Gasteiger partial charge in [-0.15, -0.1) is 0 Å². The van der Waals surface area contributed by atoms with Gasteiger partial charge in [0.05, 0.1) is 26.2 Å². The highest BCUT2D eigenvalue weighted by molar-refractivity contribution is 5.97. The molecule has 0 aromatic heterocycles. The molecule has 8 nitrogen and oxygen atoms in total. The van der Waals surface area contributed by atoms with Gasteiger partial charge >= 0.3 is 5.97 Å². The van der Waals surface area contributed by atoms with Crippen molar-refractivity contribution in [1.29, 1.82) is 5.26 Å². The van der Waals surface area contributed by atoms with Gasteiger partial charge in [0.25, 0.3) is 0 Å². The number of esters is 1. The Morgan fingerprint density at radius 1 is 1.32 bits per heavy atom. The molecule has 148 valence electrons. The number of hydrogen-bond acceptors (Lipinski definition) is 7. The third kappa shape index (κ3) is 3.36. The number of likely N-dealkylation sites (tertiary alicyclic amines) is 1. The lowest BCUT2D eigenvalue weighted by Crippen LogP contribution is -2.43. The molecule has 0 spiro atoms. The molecule has 2 heterocycles. The topological polar surface area (TPSA) is 115 Å². The molecule has 0 bridgehead atoms. The molecule has 0 aliphatic carbocycles. The van der Waals surface area contributed by atoms with Crippen LogP contribution in [0.2, 0.25) is 0 Å². The third-order valence-corrected chi connectivity index (χ3v) is 5.18. The van der Waals surface area contributed by atoms with E-state index >= 15 is 0 Å². The van der Waals surface area contributed by atoms with Crippen LogP contribution in [-0.4, -0.2) is 44.1 Å². The Morgan fingerprint density at radius 2 is 2.04 bits per heavy atom. The maximum absolute atomic E-state index is 13.2. The Balaban J connectivity index is 2.14. The van der Waals surface area contributed by atoms with E-state index in [0.29, 0.717) is 24.4 Å². The maximum Gasteiger partial charge on any atom is 0.345 e. The summed E-state index contributed by atoms with van der Waals surface area (Å²) in [4.78, 5) is 27.6. The van der Waals surface area contributed by atoms with Gasteiger partial charge in [0.15, 0.2) is 17.4 Å². The SMILES string of the molecule is CO/C(N)=C1/C(=O)Oc2c(OC)cccc2C1C(C#N)C(=O)N1CCCCC1. The fourth-order valence-corrected chi connectivity index (χ4v) is 3.77. The number of hydrogen-bond donors (Lipinski definition) is 1. The van der Waals surface area contributed by atoms with Crippen molar-refractivity contribution < 1.29 is 23.8 Å². The summed E-state index contributed by atoms with van der Waals surface area (Å²) in [5.41, 5.74) is 6.38. The summed E-state index contributed by atoms with van der Waals surface area (Å²) >= 11 is 0. The molecule has 1 fully saturated rings.